The summed E-state index contributed by atoms with van der Waals surface area (Å²) in [4.78, 5) is 15.7. The summed E-state index contributed by atoms with van der Waals surface area (Å²) >= 11 is 0. The van der Waals surface area contributed by atoms with Gasteiger partial charge in [0.25, 0.3) is 0 Å². The average Bonchev–Trinajstić information content (AvgIpc) is 2.87. The van der Waals surface area contributed by atoms with Crippen LogP contribution in [0.4, 0.5) is 0 Å². The predicted molar refractivity (Wildman–Crippen MR) is 60.9 cm³/mol. The lowest BCUT2D eigenvalue weighted by atomic mass is 10.4. The van der Waals surface area contributed by atoms with Gasteiger partial charge in [0.2, 0.25) is 5.71 Å². The minimum atomic E-state index is -0.355. The van der Waals surface area contributed by atoms with E-state index in [9.17, 15) is 4.79 Å². The third-order valence-corrected chi connectivity index (χ3v) is 2.55. The first-order valence-electron chi connectivity index (χ1n) is 5.32. The second-order valence-corrected chi connectivity index (χ2v) is 3.56. The number of nitrogens with zero attached hydrogens (tertiary/aromatic N) is 2. The van der Waals surface area contributed by atoms with Crippen molar-refractivity contribution in [3.8, 4) is 0 Å². The van der Waals surface area contributed by atoms with Gasteiger partial charge < -0.3 is 9.15 Å². The number of fused-ring (bicyclic) bond motifs is 3. The van der Waals surface area contributed by atoms with E-state index in [0.29, 0.717) is 23.6 Å². The van der Waals surface area contributed by atoms with Gasteiger partial charge in [-0.05, 0) is 19.1 Å². The first kappa shape index (κ1) is 9.89. The molecule has 86 valence electrons. The van der Waals surface area contributed by atoms with E-state index in [1.165, 1.54) is 0 Å². The van der Waals surface area contributed by atoms with Gasteiger partial charge in [-0.3, -0.25) is 9.38 Å². The molecule has 0 unspecified atom stereocenters. The molecular weight excluding hydrogens is 220 g/mol. The van der Waals surface area contributed by atoms with Gasteiger partial charge in [0, 0.05) is 12.3 Å². The molecule has 0 fully saturated rings. The molecular formula is C12H10N2O3. The molecule has 0 atom stereocenters. The maximum absolute atomic E-state index is 11.8. The number of ether oxygens (including phenoxy) is 1. The average molecular weight is 230 g/mol. The normalized spacial score (nSPS) is 11.1. The van der Waals surface area contributed by atoms with E-state index in [2.05, 4.69) is 4.98 Å². The van der Waals surface area contributed by atoms with Gasteiger partial charge in [0.15, 0.2) is 5.58 Å². The van der Waals surface area contributed by atoms with Crippen LogP contribution in [0.1, 0.15) is 17.4 Å². The van der Waals surface area contributed by atoms with E-state index in [-0.39, 0.29) is 5.97 Å². The Hall–Kier alpha value is -2.30. The number of carbonyl (C=O) groups is 1. The van der Waals surface area contributed by atoms with Gasteiger partial charge in [0.05, 0.1) is 18.3 Å². The summed E-state index contributed by atoms with van der Waals surface area (Å²) in [5, 5.41) is 0. The highest BCUT2D eigenvalue weighted by molar-refractivity contribution is 5.92. The monoisotopic (exact) mass is 230 g/mol. The van der Waals surface area contributed by atoms with Crippen molar-refractivity contribution in [3.05, 3.63) is 36.3 Å². The molecule has 0 N–H and O–H groups in total. The van der Waals surface area contributed by atoms with Crippen LogP contribution >= 0.6 is 0 Å². The van der Waals surface area contributed by atoms with Crippen LogP contribution in [-0.2, 0) is 4.74 Å². The Balaban J connectivity index is 2.29. The van der Waals surface area contributed by atoms with Gasteiger partial charge in [-0.2, -0.15) is 0 Å². The number of pyridine rings is 1. The summed E-state index contributed by atoms with van der Waals surface area (Å²) in [5.41, 5.74) is 2.53. The lowest BCUT2D eigenvalue weighted by Gasteiger charge is -2.00. The Morgan fingerprint density at radius 3 is 3.18 bits per heavy atom. The highest BCUT2D eigenvalue weighted by Gasteiger charge is 2.16. The summed E-state index contributed by atoms with van der Waals surface area (Å²) < 4.78 is 12.3. The summed E-state index contributed by atoms with van der Waals surface area (Å²) in [7, 11) is 0. The molecule has 0 saturated heterocycles. The number of carbonyl (C=O) groups excluding carboxylic acids is 1. The van der Waals surface area contributed by atoms with Crippen molar-refractivity contribution in [2.24, 2.45) is 0 Å². The quantitative estimate of drug-likeness (QED) is 0.633. The summed E-state index contributed by atoms with van der Waals surface area (Å²) in [6.45, 7) is 2.13. The van der Waals surface area contributed by atoms with Crippen LogP contribution in [0.15, 0.2) is 35.0 Å². The number of oxazole rings is 1. The fourth-order valence-electron chi connectivity index (χ4n) is 1.86. The first-order valence-corrected chi connectivity index (χ1v) is 5.32. The van der Waals surface area contributed by atoms with Gasteiger partial charge in [-0.15, -0.1) is 0 Å². The van der Waals surface area contributed by atoms with E-state index in [0.717, 1.165) is 5.52 Å². The van der Waals surface area contributed by atoms with Crippen molar-refractivity contribution in [1.82, 2.24) is 9.38 Å². The van der Waals surface area contributed by atoms with E-state index in [4.69, 9.17) is 9.15 Å². The van der Waals surface area contributed by atoms with Gasteiger partial charge in [-0.25, -0.2) is 4.79 Å². The Morgan fingerprint density at radius 2 is 2.35 bits per heavy atom. The molecule has 0 aliphatic carbocycles. The molecule has 17 heavy (non-hydrogen) atoms. The maximum Gasteiger partial charge on any atom is 0.355 e. The van der Waals surface area contributed by atoms with E-state index >= 15 is 0 Å². The Bertz CT molecular complexity index is 696. The van der Waals surface area contributed by atoms with Gasteiger partial charge in [-0.1, -0.05) is 0 Å². The van der Waals surface area contributed by atoms with Crippen molar-refractivity contribution >= 4 is 22.8 Å². The largest absolute Gasteiger partial charge is 0.461 e. The highest BCUT2D eigenvalue weighted by Crippen LogP contribution is 2.22. The van der Waals surface area contributed by atoms with Crippen LogP contribution in [0.25, 0.3) is 16.8 Å². The topological polar surface area (TPSA) is 56.7 Å². The fourth-order valence-corrected chi connectivity index (χ4v) is 1.86. The maximum atomic E-state index is 11.8. The summed E-state index contributed by atoms with van der Waals surface area (Å²) in [6.07, 6.45) is 3.28. The zero-order valence-electron chi connectivity index (χ0n) is 9.21. The molecule has 0 aromatic carbocycles. The van der Waals surface area contributed by atoms with Gasteiger partial charge >= 0.3 is 5.97 Å². The molecule has 0 bridgehead atoms. The Labute approximate surface area is 96.6 Å². The molecule has 3 rings (SSSR count). The number of hydrogen-bond donors (Lipinski definition) is 0. The molecule has 0 aliphatic rings. The van der Waals surface area contributed by atoms with Gasteiger partial charge in [0.1, 0.15) is 5.69 Å². The molecule has 0 radical (unpaired) electrons. The lowest BCUT2D eigenvalue weighted by molar-refractivity contribution is 0.0519. The van der Waals surface area contributed by atoms with Crippen molar-refractivity contribution in [1.29, 1.82) is 0 Å². The molecule has 0 spiro atoms. The number of aromatic nitrogens is 2. The molecule has 0 saturated carbocycles. The van der Waals surface area contributed by atoms with Crippen LogP contribution in [0.3, 0.4) is 0 Å². The van der Waals surface area contributed by atoms with E-state index in [1.54, 1.807) is 41.9 Å². The molecule has 5 nitrogen and oxygen atoms in total. The van der Waals surface area contributed by atoms with Crippen LogP contribution in [0, 0.1) is 0 Å². The Kier molecular flexibility index (Phi) is 2.11. The van der Waals surface area contributed by atoms with E-state index in [1.807, 2.05) is 0 Å². The first-order chi connectivity index (χ1) is 8.31. The lowest BCUT2D eigenvalue weighted by Crippen LogP contribution is -2.07. The highest BCUT2D eigenvalue weighted by atomic mass is 16.5. The molecule has 5 heteroatoms. The van der Waals surface area contributed by atoms with Crippen molar-refractivity contribution in [2.75, 3.05) is 6.61 Å². The van der Waals surface area contributed by atoms with Crippen LogP contribution in [0.2, 0.25) is 0 Å². The minimum absolute atomic E-state index is 0.351. The number of rotatable bonds is 2. The second-order valence-electron chi connectivity index (χ2n) is 3.56. The third-order valence-electron chi connectivity index (χ3n) is 2.55. The van der Waals surface area contributed by atoms with Crippen LogP contribution in [-0.4, -0.2) is 22.0 Å². The van der Waals surface area contributed by atoms with Crippen molar-refractivity contribution in [2.45, 2.75) is 6.92 Å². The molecule has 0 aliphatic heterocycles. The molecule has 3 aromatic rings. The molecule has 0 amide bonds. The number of esters is 1. The summed E-state index contributed by atoms with van der Waals surface area (Å²) in [6, 6.07) is 5.23. The zero-order valence-corrected chi connectivity index (χ0v) is 9.21. The second kappa shape index (κ2) is 3.62. The Morgan fingerprint density at radius 1 is 1.47 bits per heavy atom. The van der Waals surface area contributed by atoms with E-state index < -0.39 is 0 Å². The standard InChI is InChI=1S/C12H10N2O3/c1-2-16-12(15)9-3-4-11-14(9)8-5-6-13-7-10(8)17-11/h3-7H,2H2,1H3. The molecule has 3 aromatic heterocycles. The molecule has 3 heterocycles. The fraction of sp³-hybridized carbons (Fsp3) is 0.167. The van der Waals surface area contributed by atoms with Crippen LogP contribution < -0.4 is 0 Å². The third kappa shape index (κ3) is 1.39. The number of hydrogen-bond acceptors (Lipinski definition) is 4. The van der Waals surface area contributed by atoms with Crippen LogP contribution in [0.5, 0.6) is 0 Å². The SMILES string of the molecule is CCOC(=O)c1ccc2oc3cnccc3n12. The summed E-state index contributed by atoms with van der Waals surface area (Å²) in [5.74, 6) is -0.355. The van der Waals surface area contributed by atoms with Crippen molar-refractivity contribution < 1.29 is 13.9 Å². The smallest absolute Gasteiger partial charge is 0.355 e. The van der Waals surface area contributed by atoms with Crippen molar-refractivity contribution in [3.63, 3.8) is 0 Å². The minimum Gasteiger partial charge on any atom is -0.461 e. The predicted octanol–water partition coefficient (Wildman–Crippen LogP) is 2.26. The zero-order chi connectivity index (χ0) is 11.8.